The Morgan fingerprint density at radius 1 is 1.30 bits per heavy atom. The maximum absolute atomic E-state index is 12.4. The number of likely N-dealkylation sites (N-methyl/N-ethyl adjacent to an activating group) is 1. The molecule has 0 aromatic heterocycles. The maximum atomic E-state index is 12.4. The molecule has 0 aliphatic heterocycles. The molecule has 1 aliphatic rings. The molecular formula is C14H26N2O4. The number of rotatable bonds is 5. The van der Waals surface area contributed by atoms with E-state index in [1.165, 1.54) is 4.90 Å². The third-order valence-electron chi connectivity index (χ3n) is 4.06. The molecular weight excluding hydrogens is 260 g/mol. The molecule has 1 aliphatic carbocycles. The fourth-order valence-corrected chi connectivity index (χ4v) is 2.66. The van der Waals surface area contributed by atoms with Crippen molar-refractivity contribution in [2.24, 2.45) is 5.92 Å². The second-order valence-electron chi connectivity index (χ2n) is 5.59. The predicted octanol–water partition coefficient (Wildman–Crippen LogP) is 1.38. The fourth-order valence-electron chi connectivity index (χ4n) is 2.66. The Hall–Kier alpha value is -1.30. The van der Waals surface area contributed by atoms with Crippen LogP contribution in [0, 0.1) is 5.92 Å². The molecule has 0 saturated heterocycles. The Labute approximate surface area is 120 Å². The summed E-state index contributed by atoms with van der Waals surface area (Å²) in [6, 6.07) is -0.364. The second-order valence-corrected chi connectivity index (χ2v) is 5.59. The minimum absolute atomic E-state index is 0.162. The summed E-state index contributed by atoms with van der Waals surface area (Å²) in [6.45, 7) is 4.08. The van der Waals surface area contributed by atoms with E-state index in [9.17, 15) is 14.7 Å². The molecule has 1 fully saturated rings. The number of aliphatic carboxylic acids is 1. The number of carbonyl (C=O) groups is 2. The smallest absolute Gasteiger partial charge is 0.320 e. The molecule has 20 heavy (non-hydrogen) atoms. The summed E-state index contributed by atoms with van der Waals surface area (Å²) in [6.07, 6.45) is 3.05. The first-order chi connectivity index (χ1) is 9.38. The Balaban J connectivity index is 2.67. The van der Waals surface area contributed by atoms with E-state index in [2.05, 4.69) is 0 Å². The van der Waals surface area contributed by atoms with Gasteiger partial charge in [-0.3, -0.25) is 4.79 Å². The van der Waals surface area contributed by atoms with E-state index in [1.807, 2.05) is 6.92 Å². The van der Waals surface area contributed by atoms with Crippen LogP contribution in [0.1, 0.15) is 39.5 Å². The zero-order valence-electron chi connectivity index (χ0n) is 12.6. The molecule has 0 bridgehead atoms. The zero-order chi connectivity index (χ0) is 15.3. The Morgan fingerprint density at radius 2 is 1.90 bits per heavy atom. The standard InChI is InChI=1S/C14H26N2O4/c1-4-16(9-10(2)13(18)19)14(20)15(3)11-7-5-6-8-12(11)17/h10-12,17H,4-9H2,1-3H3,(H,18,19). The number of carbonyl (C=O) groups excluding carboxylic acids is 1. The number of aliphatic hydroxyl groups excluding tert-OH is 1. The summed E-state index contributed by atoms with van der Waals surface area (Å²) >= 11 is 0. The number of hydrogen-bond acceptors (Lipinski definition) is 3. The van der Waals surface area contributed by atoms with Gasteiger partial charge in [-0.05, 0) is 19.8 Å². The number of hydrogen-bond donors (Lipinski definition) is 2. The first kappa shape index (κ1) is 16.8. The van der Waals surface area contributed by atoms with Crippen LogP contribution >= 0.6 is 0 Å². The van der Waals surface area contributed by atoms with Gasteiger partial charge in [-0.1, -0.05) is 19.8 Å². The van der Waals surface area contributed by atoms with Crippen LogP contribution in [-0.2, 0) is 4.79 Å². The van der Waals surface area contributed by atoms with Crippen LogP contribution in [0.25, 0.3) is 0 Å². The maximum Gasteiger partial charge on any atom is 0.320 e. The van der Waals surface area contributed by atoms with Gasteiger partial charge in [0.1, 0.15) is 0 Å². The molecule has 0 radical (unpaired) electrons. The average Bonchev–Trinajstić information content (AvgIpc) is 2.43. The number of carboxylic acids is 1. The summed E-state index contributed by atoms with van der Waals surface area (Å²) in [4.78, 5) is 26.4. The van der Waals surface area contributed by atoms with Crippen molar-refractivity contribution in [3.63, 3.8) is 0 Å². The quantitative estimate of drug-likeness (QED) is 0.800. The molecule has 3 unspecified atom stereocenters. The summed E-state index contributed by atoms with van der Waals surface area (Å²) < 4.78 is 0. The van der Waals surface area contributed by atoms with Crippen LogP contribution < -0.4 is 0 Å². The molecule has 6 heteroatoms. The SMILES string of the molecule is CCN(CC(C)C(=O)O)C(=O)N(C)C1CCCCC1O. The van der Waals surface area contributed by atoms with E-state index >= 15 is 0 Å². The minimum atomic E-state index is -0.906. The molecule has 0 heterocycles. The molecule has 1 rings (SSSR count). The molecule has 2 amide bonds. The largest absolute Gasteiger partial charge is 0.481 e. The third-order valence-corrected chi connectivity index (χ3v) is 4.06. The van der Waals surface area contributed by atoms with Gasteiger partial charge in [0.05, 0.1) is 18.1 Å². The Morgan fingerprint density at radius 3 is 2.40 bits per heavy atom. The normalized spacial score (nSPS) is 24.0. The van der Waals surface area contributed by atoms with Gasteiger partial charge in [0.15, 0.2) is 0 Å². The van der Waals surface area contributed by atoms with Crippen molar-refractivity contribution in [2.45, 2.75) is 51.7 Å². The monoisotopic (exact) mass is 286 g/mol. The lowest BCUT2D eigenvalue weighted by Gasteiger charge is -2.38. The molecule has 2 N–H and O–H groups in total. The number of carboxylic acid groups (broad SMARTS) is 1. The molecule has 3 atom stereocenters. The van der Waals surface area contributed by atoms with Gasteiger partial charge >= 0.3 is 12.0 Å². The topological polar surface area (TPSA) is 81.1 Å². The molecule has 0 spiro atoms. The van der Waals surface area contributed by atoms with Crippen molar-refractivity contribution in [2.75, 3.05) is 20.1 Å². The van der Waals surface area contributed by atoms with Crippen molar-refractivity contribution in [3.8, 4) is 0 Å². The molecule has 1 saturated carbocycles. The van der Waals surface area contributed by atoms with Crippen LogP contribution in [0.4, 0.5) is 4.79 Å². The second kappa shape index (κ2) is 7.47. The lowest BCUT2D eigenvalue weighted by Crippen LogP contribution is -2.52. The van der Waals surface area contributed by atoms with E-state index in [-0.39, 0.29) is 18.6 Å². The van der Waals surface area contributed by atoms with Crippen LogP contribution in [0.2, 0.25) is 0 Å². The van der Waals surface area contributed by atoms with Gasteiger partial charge in [0.2, 0.25) is 0 Å². The third kappa shape index (κ3) is 4.10. The van der Waals surface area contributed by atoms with Gasteiger partial charge in [0, 0.05) is 20.1 Å². The molecule has 6 nitrogen and oxygen atoms in total. The average molecular weight is 286 g/mol. The molecule has 0 aromatic carbocycles. The highest BCUT2D eigenvalue weighted by atomic mass is 16.4. The van der Waals surface area contributed by atoms with Crippen molar-refractivity contribution in [1.82, 2.24) is 9.80 Å². The van der Waals surface area contributed by atoms with Crippen LogP contribution in [0.3, 0.4) is 0 Å². The number of aliphatic hydroxyl groups is 1. The van der Waals surface area contributed by atoms with Gasteiger partial charge in [-0.2, -0.15) is 0 Å². The van der Waals surface area contributed by atoms with Crippen LogP contribution in [0.15, 0.2) is 0 Å². The minimum Gasteiger partial charge on any atom is -0.481 e. The van der Waals surface area contributed by atoms with E-state index in [1.54, 1.807) is 18.9 Å². The highest BCUT2D eigenvalue weighted by Gasteiger charge is 2.32. The van der Waals surface area contributed by atoms with Gasteiger partial charge in [0.25, 0.3) is 0 Å². The molecule has 116 valence electrons. The van der Waals surface area contributed by atoms with E-state index < -0.39 is 18.0 Å². The van der Waals surface area contributed by atoms with Gasteiger partial charge in [-0.15, -0.1) is 0 Å². The highest BCUT2D eigenvalue weighted by Crippen LogP contribution is 2.23. The zero-order valence-corrected chi connectivity index (χ0v) is 12.6. The van der Waals surface area contributed by atoms with E-state index in [0.29, 0.717) is 6.54 Å². The first-order valence-corrected chi connectivity index (χ1v) is 7.31. The van der Waals surface area contributed by atoms with Gasteiger partial charge < -0.3 is 20.0 Å². The Kier molecular flexibility index (Phi) is 6.26. The van der Waals surface area contributed by atoms with Crippen molar-refractivity contribution in [1.29, 1.82) is 0 Å². The first-order valence-electron chi connectivity index (χ1n) is 7.31. The fraction of sp³-hybridized carbons (Fsp3) is 0.857. The summed E-state index contributed by atoms with van der Waals surface area (Å²) in [5, 5.41) is 19.0. The van der Waals surface area contributed by atoms with Crippen LogP contribution in [0.5, 0.6) is 0 Å². The van der Waals surface area contributed by atoms with Crippen molar-refractivity contribution < 1.29 is 19.8 Å². The van der Waals surface area contributed by atoms with E-state index in [0.717, 1.165) is 25.7 Å². The van der Waals surface area contributed by atoms with Crippen molar-refractivity contribution in [3.05, 3.63) is 0 Å². The lowest BCUT2D eigenvalue weighted by molar-refractivity contribution is -0.141. The lowest BCUT2D eigenvalue weighted by atomic mass is 9.92. The highest BCUT2D eigenvalue weighted by molar-refractivity contribution is 5.76. The number of nitrogens with zero attached hydrogens (tertiary/aromatic N) is 2. The predicted molar refractivity (Wildman–Crippen MR) is 75.5 cm³/mol. The van der Waals surface area contributed by atoms with E-state index in [4.69, 9.17) is 5.11 Å². The summed E-state index contributed by atoms with van der Waals surface area (Å²) in [7, 11) is 1.69. The summed E-state index contributed by atoms with van der Waals surface area (Å²) in [5.41, 5.74) is 0. The van der Waals surface area contributed by atoms with Crippen LogP contribution in [-0.4, -0.2) is 64.3 Å². The van der Waals surface area contributed by atoms with Crippen molar-refractivity contribution >= 4 is 12.0 Å². The number of urea groups is 1. The molecule has 0 aromatic rings. The van der Waals surface area contributed by atoms with Gasteiger partial charge in [-0.25, -0.2) is 4.79 Å². The number of amides is 2. The summed E-state index contributed by atoms with van der Waals surface area (Å²) in [5.74, 6) is -1.50. The Bertz CT molecular complexity index is 348.